The van der Waals surface area contributed by atoms with Crippen LogP contribution < -0.4 is 11.1 Å². The molecule has 0 aliphatic heterocycles. The summed E-state index contributed by atoms with van der Waals surface area (Å²) in [6.07, 6.45) is 0.899. The predicted octanol–water partition coefficient (Wildman–Crippen LogP) is 1.73. The molecule has 2 rings (SSSR count). The Morgan fingerprint density at radius 3 is 2.44 bits per heavy atom. The fourth-order valence-corrected chi connectivity index (χ4v) is 1.53. The van der Waals surface area contributed by atoms with Gasteiger partial charge in [-0.05, 0) is 38.0 Å². The number of rotatable bonds is 4. The molecule has 1 heterocycles. The van der Waals surface area contributed by atoms with Crippen LogP contribution >= 0.6 is 0 Å². The second kappa shape index (κ2) is 5.44. The molecule has 0 saturated heterocycles. The first-order chi connectivity index (χ1) is 8.65. The lowest BCUT2D eigenvalue weighted by molar-refractivity contribution is 0.878. The molecule has 1 aromatic heterocycles. The maximum Gasteiger partial charge on any atom is 0.242 e. The molecule has 0 bridgehead atoms. The van der Waals surface area contributed by atoms with E-state index in [0.29, 0.717) is 5.95 Å². The lowest BCUT2D eigenvalue weighted by Crippen LogP contribution is -2.10. The Kier molecular flexibility index (Phi) is 3.72. The van der Waals surface area contributed by atoms with Gasteiger partial charge in [0.15, 0.2) is 0 Å². The fourth-order valence-electron chi connectivity index (χ4n) is 1.53. The van der Waals surface area contributed by atoms with Gasteiger partial charge in [0, 0.05) is 12.2 Å². The summed E-state index contributed by atoms with van der Waals surface area (Å²) in [5.41, 5.74) is 9.41. The molecule has 94 valence electrons. The summed E-state index contributed by atoms with van der Waals surface area (Å²) in [6, 6.07) is 7.86. The van der Waals surface area contributed by atoms with Crippen LogP contribution in [0.1, 0.15) is 17.0 Å². The molecule has 18 heavy (non-hydrogen) atoms. The molecular weight excluding hydrogens is 226 g/mol. The third-order valence-electron chi connectivity index (χ3n) is 2.77. The quantitative estimate of drug-likeness (QED) is 0.800. The number of nitrogens with one attached hydrogen (secondary N) is 1. The SMILES string of the molecule is Cc1nnc(NCCc2ccc(N)cc2)nc1C. The van der Waals surface area contributed by atoms with Gasteiger partial charge in [-0.25, -0.2) is 4.98 Å². The van der Waals surface area contributed by atoms with E-state index in [1.54, 1.807) is 0 Å². The average Bonchev–Trinajstić information content (AvgIpc) is 2.36. The number of nitrogens with zero attached hydrogens (tertiary/aromatic N) is 3. The highest BCUT2D eigenvalue weighted by molar-refractivity contribution is 5.39. The van der Waals surface area contributed by atoms with Crippen molar-refractivity contribution in [1.82, 2.24) is 15.2 Å². The highest BCUT2D eigenvalue weighted by atomic mass is 15.2. The lowest BCUT2D eigenvalue weighted by atomic mass is 10.1. The van der Waals surface area contributed by atoms with Crippen molar-refractivity contribution in [2.75, 3.05) is 17.6 Å². The summed E-state index contributed by atoms with van der Waals surface area (Å²) >= 11 is 0. The third kappa shape index (κ3) is 3.16. The van der Waals surface area contributed by atoms with E-state index in [1.165, 1.54) is 5.56 Å². The summed E-state index contributed by atoms with van der Waals surface area (Å²) in [5.74, 6) is 0.577. The Balaban J connectivity index is 1.88. The fraction of sp³-hybridized carbons (Fsp3) is 0.308. The summed E-state index contributed by atoms with van der Waals surface area (Å²) in [4.78, 5) is 4.31. The molecule has 0 saturated carbocycles. The summed E-state index contributed by atoms with van der Waals surface area (Å²) in [7, 11) is 0. The van der Waals surface area contributed by atoms with Crippen molar-refractivity contribution in [2.24, 2.45) is 0 Å². The maximum absolute atomic E-state index is 5.63. The van der Waals surface area contributed by atoms with Crippen LogP contribution in [0.2, 0.25) is 0 Å². The largest absolute Gasteiger partial charge is 0.399 e. The van der Waals surface area contributed by atoms with Crippen LogP contribution in [-0.4, -0.2) is 21.7 Å². The highest BCUT2D eigenvalue weighted by Gasteiger charge is 2.00. The number of anilines is 2. The van der Waals surface area contributed by atoms with Crippen LogP contribution in [0.5, 0.6) is 0 Å². The minimum Gasteiger partial charge on any atom is -0.399 e. The molecule has 0 amide bonds. The van der Waals surface area contributed by atoms with Crippen LogP contribution in [0, 0.1) is 13.8 Å². The smallest absolute Gasteiger partial charge is 0.242 e. The van der Waals surface area contributed by atoms with Crippen molar-refractivity contribution in [3.05, 3.63) is 41.2 Å². The third-order valence-corrected chi connectivity index (χ3v) is 2.77. The highest BCUT2D eigenvalue weighted by Crippen LogP contribution is 2.07. The van der Waals surface area contributed by atoms with E-state index in [4.69, 9.17) is 5.73 Å². The molecule has 0 fully saturated rings. The van der Waals surface area contributed by atoms with Gasteiger partial charge in [0.1, 0.15) is 0 Å². The zero-order valence-electron chi connectivity index (χ0n) is 10.6. The van der Waals surface area contributed by atoms with Gasteiger partial charge in [-0.1, -0.05) is 12.1 Å². The van der Waals surface area contributed by atoms with Crippen LogP contribution in [-0.2, 0) is 6.42 Å². The van der Waals surface area contributed by atoms with Gasteiger partial charge in [-0.3, -0.25) is 0 Å². The first kappa shape index (κ1) is 12.3. The number of nitrogens with two attached hydrogens (primary N) is 1. The monoisotopic (exact) mass is 243 g/mol. The van der Waals surface area contributed by atoms with Gasteiger partial charge in [-0.15, -0.1) is 5.10 Å². The standard InChI is InChI=1S/C13H17N5/c1-9-10(2)17-18-13(16-9)15-8-7-11-3-5-12(14)6-4-11/h3-6H,7-8,14H2,1-2H3,(H,15,16,18). The summed E-state index contributed by atoms with van der Waals surface area (Å²) < 4.78 is 0. The first-order valence-corrected chi connectivity index (χ1v) is 5.91. The van der Waals surface area contributed by atoms with E-state index in [9.17, 15) is 0 Å². The Bertz CT molecular complexity index is 521. The van der Waals surface area contributed by atoms with Crippen LogP contribution in [0.3, 0.4) is 0 Å². The molecule has 0 atom stereocenters. The van der Waals surface area contributed by atoms with Crippen molar-refractivity contribution >= 4 is 11.6 Å². The Labute approximate surface area is 106 Å². The molecule has 2 aromatic rings. The summed E-state index contributed by atoms with van der Waals surface area (Å²) in [5, 5.41) is 11.2. The van der Waals surface area contributed by atoms with E-state index >= 15 is 0 Å². The molecule has 5 nitrogen and oxygen atoms in total. The number of nitrogen functional groups attached to an aromatic ring is 1. The Morgan fingerprint density at radius 2 is 1.78 bits per heavy atom. The van der Waals surface area contributed by atoms with Crippen molar-refractivity contribution in [3.63, 3.8) is 0 Å². The molecule has 3 N–H and O–H groups in total. The van der Waals surface area contributed by atoms with Crippen molar-refractivity contribution in [2.45, 2.75) is 20.3 Å². The topological polar surface area (TPSA) is 76.7 Å². The van der Waals surface area contributed by atoms with E-state index < -0.39 is 0 Å². The molecule has 5 heteroatoms. The van der Waals surface area contributed by atoms with Gasteiger partial charge in [0.25, 0.3) is 0 Å². The Morgan fingerprint density at radius 1 is 1.06 bits per heavy atom. The van der Waals surface area contributed by atoms with Crippen molar-refractivity contribution in [1.29, 1.82) is 0 Å². The van der Waals surface area contributed by atoms with Crippen LogP contribution in [0.4, 0.5) is 11.6 Å². The van der Waals surface area contributed by atoms with Crippen molar-refractivity contribution < 1.29 is 0 Å². The molecule has 0 unspecified atom stereocenters. The van der Waals surface area contributed by atoms with Gasteiger partial charge < -0.3 is 11.1 Å². The molecule has 0 radical (unpaired) electrons. The maximum atomic E-state index is 5.63. The van der Waals surface area contributed by atoms with Gasteiger partial charge in [0.2, 0.25) is 5.95 Å². The second-order valence-electron chi connectivity index (χ2n) is 4.22. The van der Waals surface area contributed by atoms with Crippen LogP contribution in [0.25, 0.3) is 0 Å². The minimum absolute atomic E-state index is 0.577. The zero-order valence-corrected chi connectivity index (χ0v) is 10.6. The molecular formula is C13H17N5. The lowest BCUT2D eigenvalue weighted by Gasteiger charge is -2.06. The Hall–Kier alpha value is -2.17. The number of benzene rings is 1. The molecule has 0 spiro atoms. The predicted molar refractivity (Wildman–Crippen MR) is 72.3 cm³/mol. The van der Waals surface area contributed by atoms with E-state index in [1.807, 2.05) is 38.1 Å². The minimum atomic E-state index is 0.577. The normalized spacial score (nSPS) is 10.3. The van der Waals surface area contributed by atoms with Gasteiger partial charge >= 0.3 is 0 Å². The average molecular weight is 243 g/mol. The molecule has 0 aliphatic carbocycles. The van der Waals surface area contributed by atoms with E-state index in [-0.39, 0.29) is 0 Å². The number of hydrogen-bond acceptors (Lipinski definition) is 5. The second-order valence-corrected chi connectivity index (χ2v) is 4.22. The number of aromatic nitrogens is 3. The summed E-state index contributed by atoms with van der Waals surface area (Å²) in [6.45, 7) is 4.59. The van der Waals surface area contributed by atoms with Crippen LogP contribution in [0.15, 0.2) is 24.3 Å². The number of hydrogen-bond donors (Lipinski definition) is 2. The molecule has 0 aliphatic rings. The van der Waals surface area contributed by atoms with Gasteiger partial charge in [0.05, 0.1) is 11.4 Å². The van der Waals surface area contributed by atoms with Crippen molar-refractivity contribution in [3.8, 4) is 0 Å². The van der Waals surface area contributed by atoms with E-state index in [2.05, 4.69) is 20.5 Å². The van der Waals surface area contributed by atoms with Gasteiger partial charge in [-0.2, -0.15) is 5.10 Å². The number of aryl methyl sites for hydroxylation is 2. The molecule has 1 aromatic carbocycles. The van der Waals surface area contributed by atoms with E-state index in [0.717, 1.165) is 30.0 Å². The zero-order chi connectivity index (χ0) is 13.0. The first-order valence-electron chi connectivity index (χ1n) is 5.91.